The van der Waals surface area contributed by atoms with E-state index in [9.17, 15) is 13.2 Å². The minimum Gasteiger partial charge on any atom is -0.494 e. The molecule has 1 saturated carbocycles. The lowest BCUT2D eigenvalue weighted by Gasteiger charge is -2.29. The van der Waals surface area contributed by atoms with Crippen LogP contribution in [-0.2, 0) is 6.42 Å². The molecule has 1 aliphatic rings. The van der Waals surface area contributed by atoms with Gasteiger partial charge in [0.1, 0.15) is 5.75 Å². The molecule has 0 amide bonds. The Morgan fingerprint density at radius 2 is 1.53 bits per heavy atom. The van der Waals surface area contributed by atoms with Crippen LogP contribution in [0.1, 0.15) is 82.3 Å². The average Bonchev–Trinajstić information content (AvgIpc) is 2.94. The van der Waals surface area contributed by atoms with Crippen molar-refractivity contribution in [2.45, 2.75) is 77.6 Å². The van der Waals surface area contributed by atoms with Gasteiger partial charge in [0.25, 0.3) is 0 Å². The quantitative estimate of drug-likeness (QED) is 0.220. The monoisotopic (exact) mass is 524 g/mol. The molecule has 1 fully saturated rings. The Kier molecular flexibility index (Phi) is 10.1. The number of ether oxygens (including phenoxy) is 2. The van der Waals surface area contributed by atoms with Crippen LogP contribution in [0.2, 0.25) is 0 Å². The van der Waals surface area contributed by atoms with E-state index >= 15 is 0 Å². The van der Waals surface area contributed by atoms with Gasteiger partial charge in [-0.15, -0.1) is 0 Å². The Labute approximate surface area is 225 Å². The van der Waals surface area contributed by atoms with E-state index in [-0.39, 0.29) is 11.4 Å². The van der Waals surface area contributed by atoms with E-state index in [4.69, 9.17) is 9.47 Å². The third-order valence-electron chi connectivity index (χ3n) is 7.65. The summed E-state index contributed by atoms with van der Waals surface area (Å²) in [6.07, 6.45) is 8.15. The summed E-state index contributed by atoms with van der Waals surface area (Å²) in [4.78, 5) is 0. The number of benzene rings is 3. The van der Waals surface area contributed by atoms with Gasteiger partial charge in [-0.1, -0.05) is 50.6 Å². The van der Waals surface area contributed by atoms with Crippen molar-refractivity contribution in [3.8, 4) is 22.6 Å². The maximum absolute atomic E-state index is 15.0. The van der Waals surface area contributed by atoms with E-state index in [2.05, 4.69) is 6.92 Å². The Bertz CT molecular complexity index is 1170. The summed E-state index contributed by atoms with van der Waals surface area (Å²) in [6.45, 7) is 5.27. The highest BCUT2D eigenvalue weighted by Crippen LogP contribution is 2.39. The molecule has 2 nitrogen and oxygen atoms in total. The van der Waals surface area contributed by atoms with Gasteiger partial charge in [-0.2, -0.15) is 0 Å². The van der Waals surface area contributed by atoms with Gasteiger partial charge in [0.2, 0.25) is 0 Å². The van der Waals surface area contributed by atoms with Gasteiger partial charge in [0.05, 0.1) is 13.2 Å². The number of hydrogen-bond donors (Lipinski definition) is 0. The van der Waals surface area contributed by atoms with Crippen molar-refractivity contribution < 1.29 is 22.6 Å². The van der Waals surface area contributed by atoms with Crippen molar-refractivity contribution in [2.75, 3.05) is 13.2 Å². The van der Waals surface area contributed by atoms with Crippen molar-refractivity contribution in [1.82, 2.24) is 0 Å². The molecule has 5 heteroatoms. The topological polar surface area (TPSA) is 18.5 Å². The highest BCUT2D eigenvalue weighted by Gasteiger charge is 2.24. The van der Waals surface area contributed by atoms with Crippen molar-refractivity contribution in [1.29, 1.82) is 0 Å². The SMILES string of the molecule is CCCCOc1ccc(C2CCC(CCc3ccc(-c4ccc(OCCC)cc4)c(F)c3F)CC2)cc1F. The fourth-order valence-electron chi connectivity index (χ4n) is 5.31. The first-order chi connectivity index (χ1) is 18.5. The molecule has 0 spiro atoms. The zero-order chi connectivity index (χ0) is 26.9. The number of rotatable bonds is 12. The first kappa shape index (κ1) is 28.1. The molecule has 0 bridgehead atoms. The van der Waals surface area contributed by atoms with Crippen LogP contribution in [0.5, 0.6) is 11.5 Å². The second-order valence-corrected chi connectivity index (χ2v) is 10.4. The van der Waals surface area contributed by atoms with Gasteiger partial charge in [-0.3, -0.25) is 0 Å². The molecule has 3 aromatic carbocycles. The van der Waals surface area contributed by atoms with Crippen LogP contribution in [0.4, 0.5) is 13.2 Å². The third kappa shape index (κ3) is 7.12. The average molecular weight is 525 g/mol. The molecular formula is C33H39F3O2. The van der Waals surface area contributed by atoms with Gasteiger partial charge < -0.3 is 9.47 Å². The zero-order valence-electron chi connectivity index (χ0n) is 22.6. The fraction of sp³-hybridized carbons (Fsp3) is 0.455. The standard InChI is InChI=1S/C33H39F3O2/c1-3-5-21-38-31-19-15-27(22-30(31)34)24-9-6-23(7-10-24)8-11-26-14-18-29(33(36)32(26)35)25-12-16-28(17-13-25)37-20-4-2/h12-19,22-24H,3-11,20-21H2,1-2H3. The minimum atomic E-state index is -0.794. The molecule has 0 N–H and O–H groups in total. The van der Waals surface area contributed by atoms with Gasteiger partial charge >= 0.3 is 0 Å². The molecule has 1 aliphatic carbocycles. The molecule has 0 heterocycles. The van der Waals surface area contributed by atoms with Crippen molar-refractivity contribution >= 4 is 0 Å². The highest BCUT2D eigenvalue weighted by molar-refractivity contribution is 5.65. The van der Waals surface area contributed by atoms with Crippen molar-refractivity contribution in [3.63, 3.8) is 0 Å². The maximum Gasteiger partial charge on any atom is 0.166 e. The fourth-order valence-corrected chi connectivity index (χ4v) is 5.31. The smallest absolute Gasteiger partial charge is 0.166 e. The molecule has 0 aliphatic heterocycles. The summed E-state index contributed by atoms with van der Waals surface area (Å²) in [5, 5.41) is 0. The first-order valence-electron chi connectivity index (χ1n) is 14.1. The molecule has 204 valence electrons. The summed E-state index contributed by atoms with van der Waals surface area (Å²) in [5.41, 5.74) is 2.35. The zero-order valence-corrected chi connectivity index (χ0v) is 22.6. The summed E-state index contributed by atoms with van der Waals surface area (Å²) in [5.74, 6) is 0.0121. The van der Waals surface area contributed by atoms with E-state index in [1.807, 2.05) is 13.0 Å². The lowest BCUT2D eigenvalue weighted by Crippen LogP contribution is -2.14. The van der Waals surface area contributed by atoms with Crippen LogP contribution in [0, 0.1) is 23.4 Å². The number of aryl methyl sites for hydroxylation is 1. The van der Waals surface area contributed by atoms with Crippen LogP contribution in [-0.4, -0.2) is 13.2 Å². The Morgan fingerprint density at radius 1 is 0.763 bits per heavy atom. The number of hydrogen-bond acceptors (Lipinski definition) is 2. The lowest BCUT2D eigenvalue weighted by molar-refractivity contribution is 0.292. The van der Waals surface area contributed by atoms with Crippen molar-refractivity contribution in [3.05, 3.63) is 83.2 Å². The van der Waals surface area contributed by atoms with Gasteiger partial charge in [-0.25, -0.2) is 13.2 Å². The minimum absolute atomic E-state index is 0.266. The Hall–Kier alpha value is -2.95. The number of unbranched alkanes of at least 4 members (excludes halogenated alkanes) is 1. The predicted molar refractivity (Wildman–Crippen MR) is 147 cm³/mol. The molecule has 0 radical (unpaired) electrons. The van der Waals surface area contributed by atoms with Crippen LogP contribution in [0.15, 0.2) is 54.6 Å². The highest BCUT2D eigenvalue weighted by atomic mass is 19.2. The summed E-state index contributed by atoms with van der Waals surface area (Å²) >= 11 is 0. The molecule has 4 rings (SSSR count). The van der Waals surface area contributed by atoms with Crippen LogP contribution < -0.4 is 9.47 Å². The summed E-state index contributed by atoms with van der Waals surface area (Å²) in [7, 11) is 0. The molecule has 0 saturated heterocycles. The Balaban J connectivity index is 1.29. The summed E-state index contributed by atoms with van der Waals surface area (Å²) in [6, 6.07) is 15.9. The first-order valence-corrected chi connectivity index (χ1v) is 14.1. The van der Waals surface area contributed by atoms with Crippen LogP contribution in [0.25, 0.3) is 11.1 Å². The molecule has 0 aromatic heterocycles. The second kappa shape index (κ2) is 13.7. The molecule has 0 atom stereocenters. The van der Waals surface area contributed by atoms with E-state index in [0.717, 1.165) is 62.7 Å². The van der Waals surface area contributed by atoms with E-state index in [1.165, 1.54) is 0 Å². The predicted octanol–water partition coefficient (Wildman–Crippen LogP) is 9.65. The maximum atomic E-state index is 15.0. The lowest BCUT2D eigenvalue weighted by atomic mass is 9.77. The molecule has 0 unspecified atom stereocenters. The van der Waals surface area contributed by atoms with Crippen molar-refractivity contribution in [2.24, 2.45) is 5.92 Å². The Morgan fingerprint density at radius 3 is 2.21 bits per heavy atom. The van der Waals surface area contributed by atoms with Crippen LogP contribution >= 0.6 is 0 Å². The normalized spacial score (nSPS) is 17.4. The molecular weight excluding hydrogens is 485 g/mol. The number of halogens is 3. The molecule has 38 heavy (non-hydrogen) atoms. The summed E-state index contributed by atoms with van der Waals surface area (Å²) < 4.78 is 55.5. The molecule has 3 aromatic rings. The van der Waals surface area contributed by atoms with Gasteiger partial charge in [0.15, 0.2) is 23.2 Å². The van der Waals surface area contributed by atoms with E-state index in [0.29, 0.717) is 48.3 Å². The largest absolute Gasteiger partial charge is 0.494 e. The van der Waals surface area contributed by atoms with E-state index < -0.39 is 11.6 Å². The third-order valence-corrected chi connectivity index (χ3v) is 7.65. The van der Waals surface area contributed by atoms with Gasteiger partial charge in [0, 0.05) is 5.56 Å². The second-order valence-electron chi connectivity index (χ2n) is 10.4. The van der Waals surface area contributed by atoms with Crippen LogP contribution in [0.3, 0.4) is 0 Å². The van der Waals surface area contributed by atoms with E-state index in [1.54, 1.807) is 48.5 Å². The van der Waals surface area contributed by atoms with Gasteiger partial charge in [-0.05, 0) is 104 Å².